The molecule has 0 aromatic carbocycles. The smallest absolute Gasteiger partial charge is 0.0961 e. The summed E-state index contributed by atoms with van der Waals surface area (Å²) in [6.07, 6.45) is 4.20. The zero-order valence-corrected chi connectivity index (χ0v) is 10.2. The molecule has 0 aromatic rings. The maximum absolute atomic E-state index is 10.8. The van der Waals surface area contributed by atoms with Crippen molar-refractivity contribution < 1.29 is 10.2 Å². The van der Waals surface area contributed by atoms with E-state index in [0.717, 1.165) is 32.1 Å². The third-order valence-corrected chi connectivity index (χ3v) is 5.55. The highest BCUT2D eigenvalue weighted by atomic mass is 16.3. The molecule has 0 aliphatic heterocycles. The van der Waals surface area contributed by atoms with Crippen molar-refractivity contribution in [2.45, 2.75) is 64.6 Å². The second-order valence-electron chi connectivity index (χ2n) is 6.05. The van der Waals surface area contributed by atoms with Crippen LogP contribution >= 0.6 is 0 Å². The normalized spacial score (nSPS) is 56.2. The number of hydrogen-bond acceptors (Lipinski definition) is 2. The predicted molar refractivity (Wildman–Crippen MR) is 60.5 cm³/mol. The quantitative estimate of drug-likeness (QED) is 0.647. The summed E-state index contributed by atoms with van der Waals surface area (Å²) in [5.41, 5.74) is -0.903. The highest BCUT2D eigenvalue weighted by molar-refractivity contribution is 5.09. The molecule has 0 aromatic heterocycles. The molecule has 2 aliphatic rings. The summed E-state index contributed by atoms with van der Waals surface area (Å²) in [6.45, 7) is 6.69. The molecule has 0 saturated heterocycles. The van der Waals surface area contributed by atoms with Crippen LogP contribution in [0.25, 0.3) is 0 Å². The minimum atomic E-state index is -0.822. The van der Waals surface area contributed by atoms with Crippen LogP contribution in [0.4, 0.5) is 0 Å². The third-order valence-electron chi connectivity index (χ3n) is 5.55. The number of fused-ring (bicyclic) bond motifs is 1. The molecular formula is C13H24O2. The van der Waals surface area contributed by atoms with Crippen LogP contribution in [0.3, 0.4) is 0 Å². The second kappa shape index (κ2) is 3.46. The van der Waals surface area contributed by atoms with Gasteiger partial charge in [0.1, 0.15) is 0 Å². The lowest BCUT2D eigenvalue weighted by molar-refractivity contribution is -0.224. The van der Waals surface area contributed by atoms with E-state index in [1.54, 1.807) is 0 Å². The molecule has 2 nitrogen and oxygen atoms in total. The van der Waals surface area contributed by atoms with Gasteiger partial charge in [0, 0.05) is 5.41 Å². The van der Waals surface area contributed by atoms with Crippen molar-refractivity contribution in [1.29, 1.82) is 0 Å². The number of hydrogen-bond donors (Lipinski definition) is 2. The summed E-state index contributed by atoms with van der Waals surface area (Å²) < 4.78 is 0. The highest BCUT2D eigenvalue weighted by Crippen LogP contribution is 2.57. The van der Waals surface area contributed by atoms with E-state index < -0.39 is 11.7 Å². The van der Waals surface area contributed by atoms with Crippen molar-refractivity contribution >= 4 is 0 Å². The largest absolute Gasteiger partial charge is 0.390 e. The van der Waals surface area contributed by atoms with E-state index in [1.807, 2.05) is 0 Å². The first kappa shape index (κ1) is 11.4. The lowest BCUT2D eigenvalue weighted by atomic mass is 9.50. The van der Waals surface area contributed by atoms with E-state index in [-0.39, 0.29) is 5.41 Å². The third kappa shape index (κ3) is 1.38. The molecule has 2 aliphatic carbocycles. The topological polar surface area (TPSA) is 40.5 Å². The standard InChI is InChI=1S/C13H24O2/c1-9-6-8-13(15)11(14)5-4-7-12(13,3)10(9)2/h9-11,14-15H,4-8H2,1-3H3. The predicted octanol–water partition coefficient (Wildman–Crippen LogP) is 2.33. The summed E-state index contributed by atoms with van der Waals surface area (Å²) in [5.74, 6) is 1.17. The van der Waals surface area contributed by atoms with Crippen LogP contribution in [0.15, 0.2) is 0 Å². The van der Waals surface area contributed by atoms with Gasteiger partial charge in [-0.05, 0) is 37.5 Å². The molecular weight excluding hydrogens is 188 g/mol. The zero-order valence-electron chi connectivity index (χ0n) is 10.2. The molecule has 5 atom stereocenters. The molecule has 2 rings (SSSR count). The SMILES string of the molecule is CC1CCC2(O)C(O)CCCC2(C)C1C. The van der Waals surface area contributed by atoms with E-state index >= 15 is 0 Å². The van der Waals surface area contributed by atoms with Gasteiger partial charge in [0.05, 0.1) is 11.7 Å². The van der Waals surface area contributed by atoms with Crippen molar-refractivity contribution in [1.82, 2.24) is 0 Å². The Hall–Kier alpha value is -0.0800. The van der Waals surface area contributed by atoms with Crippen molar-refractivity contribution in [3.8, 4) is 0 Å². The van der Waals surface area contributed by atoms with E-state index in [9.17, 15) is 10.2 Å². The van der Waals surface area contributed by atoms with E-state index in [2.05, 4.69) is 20.8 Å². The van der Waals surface area contributed by atoms with Crippen LogP contribution in [0.5, 0.6) is 0 Å². The molecule has 0 spiro atoms. The van der Waals surface area contributed by atoms with Crippen molar-refractivity contribution in [3.05, 3.63) is 0 Å². The maximum atomic E-state index is 10.8. The first-order valence-electron chi connectivity index (χ1n) is 6.32. The fraction of sp³-hybridized carbons (Fsp3) is 1.00. The molecule has 88 valence electrons. The average Bonchev–Trinajstić information content (AvgIpc) is 2.20. The van der Waals surface area contributed by atoms with Crippen LogP contribution in [-0.2, 0) is 0 Å². The van der Waals surface area contributed by atoms with Gasteiger partial charge in [0.15, 0.2) is 0 Å². The summed E-state index contributed by atoms with van der Waals surface area (Å²) in [7, 11) is 0. The molecule has 15 heavy (non-hydrogen) atoms. The monoisotopic (exact) mass is 212 g/mol. The second-order valence-corrected chi connectivity index (χ2v) is 6.05. The Labute approximate surface area is 92.7 Å². The summed E-state index contributed by atoms with van der Waals surface area (Å²) in [4.78, 5) is 0. The Kier molecular flexibility index (Phi) is 2.63. The molecule has 0 heterocycles. The molecule has 0 amide bonds. The first-order chi connectivity index (χ1) is 6.92. The van der Waals surface area contributed by atoms with Crippen molar-refractivity contribution in [2.24, 2.45) is 17.3 Å². The Morgan fingerprint density at radius 3 is 2.47 bits per heavy atom. The van der Waals surface area contributed by atoms with Gasteiger partial charge in [0.25, 0.3) is 0 Å². The van der Waals surface area contributed by atoms with Gasteiger partial charge in [-0.25, -0.2) is 0 Å². The van der Waals surface area contributed by atoms with Crippen molar-refractivity contribution in [2.75, 3.05) is 0 Å². The van der Waals surface area contributed by atoms with Gasteiger partial charge < -0.3 is 10.2 Å². The number of rotatable bonds is 0. The average molecular weight is 212 g/mol. The first-order valence-corrected chi connectivity index (χ1v) is 6.32. The summed E-state index contributed by atoms with van der Waals surface area (Å²) in [5, 5.41) is 20.8. The Morgan fingerprint density at radius 1 is 1.13 bits per heavy atom. The van der Waals surface area contributed by atoms with E-state index in [1.165, 1.54) is 0 Å². The van der Waals surface area contributed by atoms with Crippen LogP contribution in [0, 0.1) is 17.3 Å². The fourth-order valence-electron chi connectivity index (χ4n) is 3.90. The van der Waals surface area contributed by atoms with Gasteiger partial charge in [-0.3, -0.25) is 0 Å². The van der Waals surface area contributed by atoms with Gasteiger partial charge in [-0.2, -0.15) is 0 Å². The summed E-state index contributed by atoms with van der Waals surface area (Å²) >= 11 is 0. The summed E-state index contributed by atoms with van der Waals surface area (Å²) in [6, 6.07) is 0. The zero-order chi connectivity index (χ0) is 11.3. The minimum absolute atomic E-state index is 0.0810. The lowest BCUT2D eigenvalue weighted by Gasteiger charge is -2.59. The Balaban J connectivity index is 2.35. The Morgan fingerprint density at radius 2 is 1.80 bits per heavy atom. The molecule has 2 N–H and O–H groups in total. The van der Waals surface area contributed by atoms with Crippen molar-refractivity contribution in [3.63, 3.8) is 0 Å². The fourth-order valence-corrected chi connectivity index (χ4v) is 3.90. The van der Waals surface area contributed by atoms with Gasteiger partial charge >= 0.3 is 0 Å². The van der Waals surface area contributed by atoms with E-state index in [4.69, 9.17) is 0 Å². The van der Waals surface area contributed by atoms with Crippen LogP contribution in [0.1, 0.15) is 52.9 Å². The molecule has 0 radical (unpaired) electrons. The Bertz CT molecular complexity index is 253. The van der Waals surface area contributed by atoms with Crippen LogP contribution in [0.2, 0.25) is 0 Å². The molecule has 2 heteroatoms. The van der Waals surface area contributed by atoms with E-state index in [0.29, 0.717) is 11.8 Å². The highest BCUT2D eigenvalue weighted by Gasteiger charge is 2.58. The van der Waals surface area contributed by atoms with Gasteiger partial charge in [0.2, 0.25) is 0 Å². The van der Waals surface area contributed by atoms with Crippen LogP contribution < -0.4 is 0 Å². The number of aliphatic hydroxyl groups is 2. The molecule has 0 bridgehead atoms. The van der Waals surface area contributed by atoms with Gasteiger partial charge in [-0.1, -0.05) is 27.2 Å². The molecule has 5 unspecified atom stereocenters. The van der Waals surface area contributed by atoms with Gasteiger partial charge in [-0.15, -0.1) is 0 Å². The minimum Gasteiger partial charge on any atom is -0.390 e. The number of aliphatic hydroxyl groups excluding tert-OH is 1. The molecule has 2 saturated carbocycles. The van der Waals surface area contributed by atoms with Crippen LogP contribution in [-0.4, -0.2) is 21.9 Å². The lowest BCUT2D eigenvalue weighted by Crippen LogP contribution is -2.63. The molecule has 2 fully saturated rings. The maximum Gasteiger partial charge on any atom is 0.0961 e.